The van der Waals surface area contributed by atoms with Crippen molar-refractivity contribution in [3.05, 3.63) is 102 Å². The summed E-state index contributed by atoms with van der Waals surface area (Å²) in [5, 5.41) is 3.22. The Kier molecular flexibility index (Phi) is 6.46. The first-order chi connectivity index (χ1) is 15.1. The summed E-state index contributed by atoms with van der Waals surface area (Å²) in [5.41, 5.74) is 4.32. The third kappa shape index (κ3) is 5.02. The van der Waals surface area contributed by atoms with Crippen LogP contribution in [0.1, 0.15) is 36.1 Å². The van der Waals surface area contributed by atoms with E-state index in [0.29, 0.717) is 13.0 Å². The number of carbonyl (C=O) groups excluding carboxylic acids is 2. The minimum absolute atomic E-state index is 0.00344. The number of rotatable bonds is 7. The Labute approximate surface area is 183 Å². The van der Waals surface area contributed by atoms with Crippen molar-refractivity contribution in [3.63, 3.8) is 0 Å². The van der Waals surface area contributed by atoms with Gasteiger partial charge in [0.2, 0.25) is 11.8 Å². The lowest BCUT2D eigenvalue weighted by Gasteiger charge is -2.22. The van der Waals surface area contributed by atoms with Crippen LogP contribution in [0.3, 0.4) is 0 Å². The van der Waals surface area contributed by atoms with Crippen LogP contribution in [-0.4, -0.2) is 18.4 Å². The molecule has 1 fully saturated rings. The van der Waals surface area contributed by atoms with Crippen molar-refractivity contribution in [2.75, 3.05) is 11.4 Å². The standard InChI is InChI=1S/C27H28N2O2/c1-2-20-13-15-24(16-14-20)29-19-23(18-26(29)30)27(31)28-25(22-11-7-4-8-12-22)17-21-9-5-3-6-10-21/h3-16,23,25H,2,17-19H2,1H3,(H,28,31)/t23-,25-/m1/s1. The van der Waals surface area contributed by atoms with Gasteiger partial charge in [-0.15, -0.1) is 0 Å². The molecule has 0 bridgehead atoms. The van der Waals surface area contributed by atoms with E-state index in [2.05, 4.69) is 24.4 Å². The minimum atomic E-state index is -0.347. The summed E-state index contributed by atoms with van der Waals surface area (Å²) in [6.45, 7) is 2.53. The molecule has 0 spiro atoms. The number of anilines is 1. The van der Waals surface area contributed by atoms with Gasteiger partial charge in [-0.05, 0) is 41.7 Å². The van der Waals surface area contributed by atoms with Crippen molar-refractivity contribution in [1.29, 1.82) is 0 Å². The average molecular weight is 413 g/mol. The topological polar surface area (TPSA) is 49.4 Å². The number of amides is 2. The molecule has 0 saturated carbocycles. The van der Waals surface area contributed by atoms with Crippen LogP contribution in [0.4, 0.5) is 5.69 Å². The summed E-state index contributed by atoms with van der Waals surface area (Å²) in [4.78, 5) is 27.5. The molecule has 1 heterocycles. The van der Waals surface area contributed by atoms with E-state index < -0.39 is 0 Å². The van der Waals surface area contributed by atoms with Crippen LogP contribution in [0.15, 0.2) is 84.9 Å². The molecule has 2 atom stereocenters. The second-order valence-corrected chi connectivity index (χ2v) is 8.09. The number of hydrogen-bond acceptors (Lipinski definition) is 2. The molecule has 3 aromatic rings. The summed E-state index contributed by atoms with van der Waals surface area (Å²) in [5.74, 6) is -0.408. The first-order valence-electron chi connectivity index (χ1n) is 10.9. The van der Waals surface area contributed by atoms with Crippen LogP contribution in [0.5, 0.6) is 0 Å². The third-order valence-electron chi connectivity index (χ3n) is 5.95. The normalized spacial score (nSPS) is 16.9. The zero-order chi connectivity index (χ0) is 21.6. The predicted octanol–water partition coefficient (Wildman–Crippen LogP) is 4.70. The molecule has 1 aliphatic rings. The van der Waals surface area contributed by atoms with Gasteiger partial charge in [-0.25, -0.2) is 0 Å². The molecular weight excluding hydrogens is 384 g/mol. The highest BCUT2D eigenvalue weighted by atomic mass is 16.2. The van der Waals surface area contributed by atoms with Crippen LogP contribution in [-0.2, 0) is 22.4 Å². The largest absolute Gasteiger partial charge is 0.349 e. The number of aryl methyl sites for hydroxylation is 1. The molecule has 2 amide bonds. The molecule has 4 nitrogen and oxygen atoms in total. The van der Waals surface area contributed by atoms with Gasteiger partial charge in [0.15, 0.2) is 0 Å². The molecule has 0 aliphatic carbocycles. The lowest BCUT2D eigenvalue weighted by molar-refractivity contribution is -0.127. The van der Waals surface area contributed by atoms with Gasteiger partial charge in [-0.2, -0.15) is 0 Å². The van der Waals surface area contributed by atoms with E-state index >= 15 is 0 Å². The maximum Gasteiger partial charge on any atom is 0.227 e. The van der Waals surface area contributed by atoms with E-state index in [1.165, 1.54) is 5.56 Å². The Morgan fingerprint density at radius 2 is 1.58 bits per heavy atom. The lowest BCUT2D eigenvalue weighted by atomic mass is 9.97. The zero-order valence-corrected chi connectivity index (χ0v) is 17.8. The fraction of sp³-hybridized carbons (Fsp3) is 0.259. The van der Waals surface area contributed by atoms with Gasteiger partial charge < -0.3 is 10.2 Å². The van der Waals surface area contributed by atoms with E-state index in [0.717, 1.165) is 23.2 Å². The number of nitrogens with zero attached hydrogens (tertiary/aromatic N) is 1. The average Bonchev–Trinajstić information content (AvgIpc) is 3.21. The fourth-order valence-corrected chi connectivity index (χ4v) is 4.12. The summed E-state index contributed by atoms with van der Waals surface area (Å²) in [7, 11) is 0. The van der Waals surface area contributed by atoms with Crippen LogP contribution in [0.25, 0.3) is 0 Å². The Morgan fingerprint density at radius 1 is 0.935 bits per heavy atom. The summed E-state index contributed by atoms with van der Waals surface area (Å²) in [6.07, 6.45) is 1.91. The number of hydrogen-bond donors (Lipinski definition) is 1. The molecule has 1 saturated heterocycles. The molecule has 4 heteroatoms. The molecule has 1 aliphatic heterocycles. The third-order valence-corrected chi connectivity index (χ3v) is 5.95. The summed E-state index contributed by atoms with van der Waals surface area (Å²) < 4.78 is 0. The molecule has 0 aromatic heterocycles. The van der Waals surface area contributed by atoms with Crippen molar-refractivity contribution in [2.45, 2.75) is 32.2 Å². The molecule has 31 heavy (non-hydrogen) atoms. The molecular formula is C27H28N2O2. The molecule has 158 valence electrons. The number of carbonyl (C=O) groups is 2. The van der Waals surface area contributed by atoms with Crippen molar-refractivity contribution in [1.82, 2.24) is 5.32 Å². The van der Waals surface area contributed by atoms with Crippen LogP contribution in [0, 0.1) is 5.92 Å². The molecule has 0 unspecified atom stereocenters. The van der Waals surface area contributed by atoms with E-state index in [-0.39, 0.29) is 30.2 Å². The summed E-state index contributed by atoms with van der Waals surface area (Å²) in [6, 6.07) is 28.1. The van der Waals surface area contributed by atoms with Crippen LogP contribution < -0.4 is 10.2 Å². The smallest absolute Gasteiger partial charge is 0.227 e. The quantitative estimate of drug-likeness (QED) is 0.611. The summed E-state index contributed by atoms with van der Waals surface area (Å²) >= 11 is 0. The second kappa shape index (κ2) is 9.61. The highest BCUT2D eigenvalue weighted by Gasteiger charge is 2.36. The second-order valence-electron chi connectivity index (χ2n) is 8.09. The Hall–Kier alpha value is -3.40. The Morgan fingerprint density at radius 3 is 2.23 bits per heavy atom. The van der Waals surface area contributed by atoms with Gasteiger partial charge in [-0.3, -0.25) is 9.59 Å². The molecule has 3 aromatic carbocycles. The highest BCUT2D eigenvalue weighted by Crippen LogP contribution is 2.27. The lowest BCUT2D eigenvalue weighted by Crippen LogP contribution is -2.36. The first-order valence-corrected chi connectivity index (χ1v) is 10.9. The predicted molar refractivity (Wildman–Crippen MR) is 124 cm³/mol. The van der Waals surface area contributed by atoms with Gasteiger partial charge in [0, 0.05) is 18.7 Å². The SMILES string of the molecule is CCc1ccc(N2C[C@H](C(=O)N[C@H](Cc3ccccc3)c3ccccc3)CC2=O)cc1. The molecule has 4 rings (SSSR count). The van der Waals surface area contributed by atoms with Crippen molar-refractivity contribution in [3.8, 4) is 0 Å². The van der Waals surface area contributed by atoms with E-state index in [1.807, 2.05) is 72.8 Å². The van der Waals surface area contributed by atoms with Gasteiger partial charge in [-0.1, -0.05) is 79.7 Å². The van der Waals surface area contributed by atoms with Crippen molar-refractivity contribution < 1.29 is 9.59 Å². The van der Waals surface area contributed by atoms with E-state index in [1.54, 1.807) is 4.90 Å². The van der Waals surface area contributed by atoms with Crippen LogP contribution in [0.2, 0.25) is 0 Å². The fourth-order valence-electron chi connectivity index (χ4n) is 4.12. The van der Waals surface area contributed by atoms with Crippen molar-refractivity contribution >= 4 is 17.5 Å². The Balaban J connectivity index is 1.47. The van der Waals surface area contributed by atoms with Crippen LogP contribution >= 0.6 is 0 Å². The van der Waals surface area contributed by atoms with E-state index in [9.17, 15) is 9.59 Å². The number of nitrogens with one attached hydrogen (secondary N) is 1. The van der Waals surface area contributed by atoms with Gasteiger partial charge in [0.1, 0.15) is 0 Å². The van der Waals surface area contributed by atoms with Gasteiger partial charge in [0.25, 0.3) is 0 Å². The van der Waals surface area contributed by atoms with E-state index in [4.69, 9.17) is 0 Å². The van der Waals surface area contributed by atoms with Gasteiger partial charge in [0.05, 0.1) is 12.0 Å². The van der Waals surface area contributed by atoms with Gasteiger partial charge >= 0.3 is 0 Å². The zero-order valence-electron chi connectivity index (χ0n) is 17.8. The maximum atomic E-state index is 13.2. The van der Waals surface area contributed by atoms with Crippen molar-refractivity contribution in [2.24, 2.45) is 5.92 Å². The number of benzene rings is 3. The molecule has 0 radical (unpaired) electrons. The minimum Gasteiger partial charge on any atom is -0.349 e. The monoisotopic (exact) mass is 412 g/mol. The highest BCUT2D eigenvalue weighted by molar-refractivity contribution is 6.00. The Bertz CT molecular complexity index is 1020. The maximum absolute atomic E-state index is 13.2. The molecule has 1 N–H and O–H groups in total. The first kappa shape index (κ1) is 20.9.